The molecule has 0 aliphatic carbocycles. The summed E-state index contributed by atoms with van der Waals surface area (Å²) in [5.41, 5.74) is 0.726. The van der Waals surface area contributed by atoms with E-state index < -0.39 is 5.92 Å². The molecule has 1 N–H and O–H groups in total. The van der Waals surface area contributed by atoms with E-state index in [9.17, 15) is 4.79 Å². The number of hydrogen-bond acceptors (Lipinski definition) is 3. The largest absolute Gasteiger partial charge is 0.350 e. The van der Waals surface area contributed by atoms with Crippen molar-refractivity contribution in [1.82, 2.24) is 5.32 Å². The molecule has 1 heterocycles. The minimum atomic E-state index is -0.744. The van der Waals surface area contributed by atoms with E-state index in [1.165, 1.54) is 0 Å². The summed E-state index contributed by atoms with van der Waals surface area (Å²) in [5, 5.41) is 13.8. The molecule has 4 heteroatoms. The average molecular weight is 256 g/mol. The van der Waals surface area contributed by atoms with Gasteiger partial charge in [-0.15, -0.1) is 11.3 Å². The normalized spacial score (nSPS) is 11.5. The van der Waals surface area contributed by atoms with Gasteiger partial charge in [-0.2, -0.15) is 5.26 Å². The van der Waals surface area contributed by atoms with Crippen molar-refractivity contribution in [3.8, 4) is 6.07 Å². The first-order valence-electron chi connectivity index (χ1n) is 5.56. The number of carbonyl (C=O) groups is 1. The number of rotatable bonds is 4. The van der Waals surface area contributed by atoms with Gasteiger partial charge in [0.15, 0.2) is 0 Å². The van der Waals surface area contributed by atoms with E-state index in [1.54, 1.807) is 23.5 Å². The van der Waals surface area contributed by atoms with Crippen LogP contribution in [0, 0.1) is 11.3 Å². The molecule has 0 spiro atoms. The number of amides is 1. The second-order valence-corrected chi connectivity index (χ2v) is 4.80. The molecule has 0 saturated heterocycles. The molecular formula is C14H12N2OS. The van der Waals surface area contributed by atoms with Crippen LogP contribution in [0.2, 0.25) is 0 Å². The zero-order valence-electron chi connectivity index (χ0n) is 9.67. The van der Waals surface area contributed by atoms with Gasteiger partial charge < -0.3 is 5.32 Å². The highest BCUT2D eigenvalue weighted by Gasteiger charge is 2.19. The molecule has 18 heavy (non-hydrogen) atoms. The molecule has 1 amide bonds. The quantitative estimate of drug-likeness (QED) is 0.914. The molecule has 0 bridgehead atoms. The summed E-state index contributed by atoms with van der Waals surface area (Å²) < 4.78 is 0. The SMILES string of the molecule is N#C[C@H](C(=O)NCc1cccs1)c1ccccc1. The Morgan fingerprint density at radius 2 is 2.06 bits per heavy atom. The van der Waals surface area contributed by atoms with Gasteiger partial charge in [0.2, 0.25) is 5.91 Å². The molecule has 1 atom stereocenters. The van der Waals surface area contributed by atoms with Crippen molar-refractivity contribution in [3.05, 3.63) is 58.3 Å². The van der Waals surface area contributed by atoms with Crippen LogP contribution in [0.25, 0.3) is 0 Å². The molecule has 90 valence electrons. The van der Waals surface area contributed by atoms with Gasteiger partial charge in [0, 0.05) is 4.88 Å². The number of hydrogen-bond donors (Lipinski definition) is 1. The van der Waals surface area contributed by atoms with E-state index in [0.29, 0.717) is 6.54 Å². The van der Waals surface area contributed by atoms with E-state index in [-0.39, 0.29) is 5.91 Å². The summed E-state index contributed by atoms with van der Waals surface area (Å²) >= 11 is 1.58. The smallest absolute Gasteiger partial charge is 0.242 e. The molecule has 0 saturated carbocycles. The summed E-state index contributed by atoms with van der Waals surface area (Å²) in [6.45, 7) is 0.474. The molecule has 0 aliphatic heterocycles. The third kappa shape index (κ3) is 2.96. The second kappa shape index (κ2) is 5.99. The first-order valence-corrected chi connectivity index (χ1v) is 6.44. The Morgan fingerprint density at radius 3 is 2.67 bits per heavy atom. The van der Waals surface area contributed by atoms with E-state index in [2.05, 4.69) is 5.32 Å². The van der Waals surface area contributed by atoms with Crippen molar-refractivity contribution < 1.29 is 4.79 Å². The molecular weight excluding hydrogens is 244 g/mol. The predicted molar refractivity (Wildman–Crippen MR) is 71.0 cm³/mol. The van der Waals surface area contributed by atoms with Gasteiger partial charge >= 0.3 is 0 Å². The van der Waals surface area contributed by atoms with Gasteiger partial charge in [0.25, 0.3) is 0 Å². The van der Waals surface area contributed by atoms with Crippen LogP contribution >= 0.6 is 11.3 Å². The Morgan fingerprint density at radius 1 is 1.28 bits per heavy atom. The van der Waals surface area contributed by atoms with Crippen molar-refractivity contribution in [3.63, 3.8) is 0 Å². The van der Waals surface area contributed by atoms with Crippen LogP contribution in [0.1, 0.15) is 16.4 Å². The van der Waals surface area contributed by atoms with Crippen molar-refractivity contribution in [1.29, 1.82) is 5.26 Å². The zero-order valence-corrected chi connectivity index (χ0v) is 10.5. The lowest BCUT2D eigenvalue weighted by Gasteiger charge is -2.09. The summed E-state index contributed by atoms with van der Waals surface area (Å²) in [6, 6.07) is 15.0. The Hall–Kier alpha value is -2.12. The number of nitriles is 1. The Labute approximate surface area is 110 Å². The lowest BCUT2D eigenvalue weighted by Crippen LogP contribution is -2.27. The fraction of sp³-hybridized carbons (Fsp3) is 0.143. The van der Waals surface area contributed by atoms with Gasteiger partial charge in [-0.1, -0.05) is 36.4 Å². The number of benzene rings is 1. The van der Waals surface area contributed by atoms with Crippen LogP contribution in [0.3, 0.4) is 0 Å². The van der Waals surface area contributed by atoms with Gasteiger partial charge in [-0.3, -0.25) is 4.79 Å². The molecule has 3 nitrogen and oxygen atoms in total. The lowest BCUT2D eigenvalue weighted by atomic mass is 10.00. The Bertz CT molecular complexity index is 543. The molecule has 0 fully saturated rings. The van der Waals surface area contributed by atoms with Gasteiger partial charge in [-0.25, -0.2) is 0 Å². The Kier molecular flexibility index (Phi) is 4.11. The summed E-state index contributed by atoms with van der Waals surface area (Å²) in [7, 11) is 0. The maximum atomic E-state index is 11.9. The highest BCUT2D eigenvalue weighted by Crippen LogP contribution is 2.15. The van der Waals surface area contributed by atoms with Gasteiger partial charge in [0.05, 0.1) is 12.6 Å². The van der Waals surface area contributed by atoms with Crippen molar-refractivity contribution >= 4 is 17.2 Å². The summed E-state index contributed by atoms with van der Waals surface area (Å²) in [4.78, 5) is 13.0. The summed E-state index contributed by atoms with van der Waals surface area (Å²) in [6.07, 6.45) is 0. The molecule has 0 aliphatic rings. The molecule has 1 aromatic heterocycles. The van der Waals surface area contributed by atoms with Gasteiger partial charge in [-0.05, 0) is 17.0 Å². The molecule has 2 rings (SSSR count). The minimum Gasteiger partial charge on any atom is -0.350 e. The minimum absolute atomic E-state index is 0.253. The van der Waals surface area contributed by atoms with Crippen LogP contribution in [0.5, 0.6) is 0 Å². The van der Waals surface area contributed by atoms with E-state index >= 15 is 0 Å². The second-order valence-electron chi connectivity index (χ2n) is 3.77. The topological polar surface area (TPSA) is 52.9 Å². The van der Waals surface area contributed by atoms with Crippen LogP contribution in [-0.4, -0.2) is 5.91 Å². The highest BCUT2D eigenvalue weighted by atomic mass is 32.1. The fourth-order valence-electron chi connectivity index (χ4n) is 1.62. The highest BCUT2D eigenvalue weighted by molar-refractivity contribution is 7.09. The van der Waals surface area contributed by atoms with Crippen LogP contribution in [-0.2, 0) is 11.3 Å². The lowest BCUT2D eigenvalue weighted by molar-refractivity contribution is -0.121. The number of thiophene rings is 1. The molecule has 0 radical (unpaired) electrons. The van der Waals surface area contributed by atoms with Crippen LogP contribution in [0.4, 0.5) is 0 Å². The maximum absolute atomic E-state index is 11.9. The van der Waals surface area contributed by atoms with Crippen molar-refractivity contribution in [2.24, 2.45) is 0 Å². The predicted octanol–water partition coefficient (Wildman–Crippen LogP) is 2.67. The maximum Gasteiger partial charge on any atom is 0.242 e. The zero-order chi connectivity index (χ0) is 12.8. The van der Waals surface area contributed by atoms with Crippen LogP contribution < -0.4 is 5.32 Å². The summed E-state index contributed by atoms with van der Waals surface area (Å²) in [5.74, 6) is -0.997. The third-order valence-corrected chi connectivity index (χ3v) is 3.42. The van der Waals surface area contributed by atoms with Gasteiger partial charge in [0.1, 0.15) is 5.92 Å². The number of carbonyl (C=O) groups excluding carboxylic acids is 1. The van der Waals surface area contributed by atoms with Crippen molar-refractivity contribution in [2.75, 3.05) is 0 Å². The first kappa shape index (κ1) is 12.3. The van der Waals surface area contributed by atoms with Crippen LogP contribution in [0.15, 0.2) is 47.8 Å². The molecule has 0 unspecified atom stereocenters. The Balaban J connectivity index is 2.01. The van der Waals surface area contributed by atoms with E-state index in [0.717, 1.165) is 10.4 Å². The van der Waals surface area contributed by atoms with E-state index in [4.69, 9.17) is 5.26 Å². The first-order chi connectivity index (χ1) is 8.81. The van der Waals surface area contributed by atoms with E-state index in [1.807, 2.05) is 41.8 Å². The van der Waals surface area contributed by atoms with Crippen molar-refractivity contribution in [2.45, 2.75) is 12.5 Å². The standard InChI is InChI=1S/C14H12N2OS/c15-9-13(11-5-2-1-3-6-11)14(17)16-10-12-7-4-8-18-12/h1-8,13H,10H2,(H,16,17)/t13-/m0/s1. The monoisotopic (exact) mass is 256 g/mol. The number of nitrogens with zero attached hydrogens (tertiary/aromatic N) is 1. The fourth-order valence-corrected chi connectivity index (χ4v) is 2.26. The average Bonchev–Trinajstić information content (AvgIpc) is 2.92. The number of nitrogens with one attached hydrogen (secondary N) is 1. The molecule has 2 aromatic rings. The third-order valence-electron chi connectivity index (χ3n) is 2.54. The molecule has 1 aromatic carbocycles.